The van der Waals surface area contributed by atoms with Crippen LogP contribution in [0.4, 0.5) is 0 Å². The minimum atomic E-state index is -0.352. The molecule has 0 aliphatic rings. The highest BCUT2D eigenvalue weighted by Gasteiger charge is 2.14. The van der Waals surface area contributed by atoms with Gasteiger partial charge >= 0.3 is 5.97 Å². The van der Waals surface area contributed by atoms with Gasteiger partial charge in [-0.1, -0.05) is 42.1 Å². The molecule has 27 heavy (non-hydrogen) atoms. The minimum Gasteiger partial charge on any atom is -0.493 e. The summed E-state index contributed by atoms with van der Waals surface area (Å²) in [4.78, 5) is 11.9. The predicted octanol–water partition coefficient (Wildman–Crippen LogP) is 3.59. The van der Waals surface area contributed by atoms with Crippen LogP contribution in [0.15, 0.2) is 58.2 Å². The number of nitrogens with zero attached hydrogens (tertiary/aromatic N) is 2. The quantitative estimate of drug-likeness (QED) is 0.429. The largest absolute Gasteiger partial charge is 0.493 e. The molecule has 3 aromatic rings. The molecule has 0 unspecified atom stereocenters. The number of benzene rings is 2. The van der Waals surface area contributed by atoms with E-state index in [9.17, 15) is 4.79 Å². The van der Waals surface area contributed by atoms with Crippen LogP contribution in [0.2, 0.25) is 0 Å². The molecule has 7 nitrogen and oxygen atoms in total. The maximum absolute atomic E-state index is 11.9. The Hall–Kier alpha value is -3.00. The number of hydrogen-bond donors (Lipinski definition) is 0. The van der Waals surface area contributed by atoms with Gasteiger partial charge < -0.3 is 18.6 Å². The van der Waals surface area contributed by atoms with Gasteiger partial charge in [-0.05, 0) is 23.8 Å². The first kappa shape index (κ1) is 18.8. The van der Waals surface area contributed by atoms with Crippen LogP contribution in [0.25, 0.3) is 11.5 Å². The van der Waals surface area contributed by atoms with Crippen molar-refractivity contribution in [2.75, 3.05) is 20.0 Å². The van der Waals surface area contributed by atoms with Gasteiger partial charge in [-0.25, -0.2) is 0 Å². The van der Waals surface area contributed by atoms with Crippen molar-refractivity contribution in [3.63, 3.8) is 0 Å². The molecule has 2 aromatic carbocycles. The van der Waals surface area contributed by atoms with Gasteiger partial charge in [0.1, 0.15) is 12.4 Å². The highest BCUT2D eigenvalue weighted by Crippen LogP contribution is 2.32. The van der Waals surface area contributed by atoms with Crippen LogP contribution in [0.1, 0.15) is 5.56 Å². The molecule has 0 saturated carbocycles. The maximum Gasteiger partial charge on any atom is 0.316 e. The SMILES string of the molecule is COc1ccc(-c2nnc(SCC(=O)OCc3ccccc3)o2)cc1OC. The molecule has 0 aliphatic heterocycles. The van der Waals surface area contributed by atoms with Gasteiger partial charge in [0.2, 0.25) is 5.89 Å². The molecule has 0 aliphatic carbocycles. The molecular weight excluding hydrogens is 368 g/mol. The van der Waals surface area contributed by atoms with Crippen LogP contribution >= 0.6 is 11.8 Å². The number of carbonyl (C=O) groups is 1. The lowest BCUT2D eigenvalue weighted by Crippen LogP contribution is -2.07. The number of hydrogen-bond acceptors (Lipinski definition) is 8. The lowest BCUT2D eigenvalue weighted by atomic mass is 10.2. The van der Waals surface area contributed by atoms with E-state index in [4.69, 9.17) is 18.6 Å². The Balaban J connectivity index is 1.55. The second-order valence-corrected chi connectivity index (χ2v) is 6.30. The number of aromatic nitrogens is 2. The van der Waals surface area contributed by atoms with E-state index in [0.29, 0.717) is 23.0 Å². The Morgan fingerprint density at radius 2 is 1.81 bits per heavy atom. The summed E-state index contributed by atoms with van der Waals surface area (Å²) in [6.07, 6.45) is 0. The first-order chi connectivity index (χ1) is 13.2. The first-order valence-corrected chi connectivity index (χ1v) is 9.06. The average Bonchev–Trinajstić information content (AvgIpc) is 3.20. The van der Waals surface area contributed by atoms with Gasteiger partial charge in [0, 0.05) is 5.56 Å². The van der Waals surface area contributed by atoms with Crippen LogP contribution in [0.5, 0.6) is 11.5 Å². The Labute approximate surface area is 160 Å². The first-order valence-electron chi connectivity index (χ1n) is 8.08. The van der Waals surface area contributed by atoms with Gasteiger partial charge in [-0.15, -0.1) is 10.2 Å². The summed E-state index contributed by atoms with van der Waals surface area (Å²) >= 11 is 1.13. The van der Waals surface area contributed by atoms with Gasteiger partial charge in [-0.3, -0.25) is 4.79 Å². The highest BCUT2D eigenvalue weighted by molar-refractivity contribution is 7.99. The van der Waals surface area contributed by atoms with E-state index in [2.05, 4.69) is 10.2 Å². The van der Waals surface area contributed by atoms with Crippen molar-refractivity contribution in [1.29, 1.82) is 0 Å². The van der Waals surface area contributed by atoms with Crippen LogP contribution < -0.4 is 9.47 Å². The van der Waals surface area contributed by atoms with E-state index >= 15 is 0 Å². The fraction of sp³-hybridized carbons (Fsp3) is 0.211. The summed E-state index contributed by atoms with van der Waals surface area (Å²) in [6.45, 7) is 0.237. The van der Waals surface area contributed by atoms with Crippen molar-refractivity contribution >= 4 is 17.7 Å². The van der Waals surface area contributed by atoms with E-state index in [1.165, 1.54) is 0 Å². The Morgan fingerprint density at radius 1 is 1.04 bits per heavy atom. The summed E-state index contributed by atoms with van der Waals surface area (Å²) in [6, 6.07) is 14.8. The van der Waals surface area contributed by atoms with E-state index in [0.717, 1.165) is 17.3 Å². The third-order valence-electron chi connectivity index (χ3n) is 3.59. The molecule has 0 amide bonds. The fourth-order valence-corrected chi connectivity index (χ4v) is 2.82. The molecule has 8 heteroatoms. The van der Waals surface area contributed by atoms with Crippen molar-refractivity contribution in [3.8, 4) is 23.0 Å². The average molecular weight is 386 g/mol. The lowest BCUT2D eigenvalue weighted by molar-refractivity contribution is -0.141. The molecule has 0 bridgehead atoms. The number of carbonyl (C=O) groups excluding carboxylic acids is 1. The molecule has 1 heterocycles. The van der Waals surface area contributed by atoms with Crippen molar-refractivity contribution < 1.29 is 23.4 Å². The van der Waals surface area contributed by atoms with E-state index in [1.807, 2.05) is 30.3 Å². The molecule has 0 saturated heterocycles. The predicted molar refractivity (Wildman–Crippen MR) is 99.8 cm³/mol. The van der Waals surface area contributed by atoms with Gasteiger partial charge in [-0.2, -0.15) is 0 Å². The van der Waals surface area contributed by atoms with Crippen LogP contribution in [0.3, 0.4) is 0 Å². The Morgan fingerprint density at radius 3 is 2.56 bits per heavy atom. The third kappa shape index (κ3) is 5.01. The monoisotopic (exact) mass is 386 g/mol. The summed E-state index contributed by atoms with van der Waals surface area (Å²) in [5.74, 6) is 1.23. The summed E-state index contributed by atoms with van der Waals surface area (Å²) in [5.41, 5.74) is 1.63. The number of methoxy groups -OCH3 is 2. The molecule has 0 spiro atoms. The molecule has 0 fully saturated rings. The summed E-state index contributed by atoms with van der Waals surface area (Å²) in [5, 5.41) is 8.24. The fourth-order valence-electron chi connectivity index (χ4n) is 2.25. The maximum atomic E-state index is 11.9. The third-order valence-corrected chi connectivity index (χ3v) is 4.39. The molecule has 0 radical (unpaired) electrons. The standard InChI is InChI=1S/C19H18N2O5S/c1-23-15-9-8-14(10-16(15)24-2)18-20-21-19(26-18)27-12-17(22)25-11-13-6-4-3-5-7-13/h3-10H,11-12H2,1-2H3. The van der Waals surface area contributed by atoms with Crippen molar-refractivity contribution in [3.05, 3.63) is 54.1 Å². The zero-order valence-corrected chi connectivity index (χ0v) is 15.7. The summed E-state index contributed by atoms with van der Waals surface area (Å²) < 4.78 is 21.3. The number of esters is 1. The van der Waals surface area contributed by atoms with Crippen molar-refractivity contribution in [1.82, 2.24) is 10.2 Å². The molecular formula is C19H18N2O5S. The lowest BCUT2D eigenvalue weighted by Gasteiger charge is -2.07. The molecule has 3 rings (SSSR count). The van der Waals surface area contributed by atoms with Crippen molar-refractivity contribution in [2.45, 2.75) is 11.8 Å². The number of ether oxygens (including phenoxy) is 3. The van der Waals surface area contributed by atoms with Gasteiger partial charge in [0.15, 0.2) is 11.5 Å². The van der Waals surface area contributed by atoms with Crippen LogP contribution in [0, 0.1) is 0 Å². The molecule has 140 valence electrons. The summed E-state index contributed by atoms with van der Waals surface area (Å²) in [7, 11) is 3.12. The Bertz CT molecular complexity index is 898. The van der Waals surface area contributed by atoms with Crippen molar-refractivity contribution in [2.24, 2.45) is 0 Å². The smallest absolute Gasteiger partial charge is 0.316 e. The van der Waals surface area contributed by atoms with Gasteiger partial charge in [0.25, 0.3) is 5.22 Å². The minimum absolute atomic E-state index is 0.0837. The van der Waals surface area contributed by atoms with E-state index < -0.39 is 0 Å². The number of thioether (sulfide) groups is 1. The van der Waals surface area contributed by atoms with Crippen LogP contribution in [-0.4, -0.2) is 36.1 Å². The highest BCUT2D eigenvalue weighted by atomic mass is 32.2. The molecule has 1 aromatic heterocycles. The van der Waals surface area contributed by atoms with E-state index in [1.54, 1.807) is 32.4 Å². The molecule has 0 atom stereocenters. The van der Waals surface area contributed by atoms with Crippen LogP contribution in [-0.2, 0) is 16.1 Å². The normalized spacial score (nSPS) is 10.4. The Kier molecular flexibility index (Phi) is 6.32. The zero-order valence-electron chi connectivity index (χ0n) is 14.9. The zero-order chi connectivity index (χ0) is 19.1. The topological polar surface area (TPSA) is 83.7 Å². The second-order valence-electron chi connectivity index (χ2n) is 5.38. The second kappa shape index (κ2) is 9.09. The van der Waals surface area contributed by atoms with E-state index in [-0.39, 0.29) is 23.6 Å². The molecule has 0 N–H and O–H groups in total. The number of rotatable bonds is 8. The van der Waals surface area contributed by atoms with Gasteiger partial charge in [0.05, 0.1) is 14.2 Å².